The summed E-state index contributed by atoms with van der Waals surface area (Å²) in [7, 11) is 0. The van der Waals surface area contributed by atoms with E-state index < -0.39 is 103 Å². The Balaban J connectivity index is 2.42. The number of carbonyl (C=O) groups is 4. The zero-order chi connectivity index (χ0) is 34.7. The Morgan fingerprint density at radius 2 is 1.28 bits per heavy atom. The van der Waals surface area contributed by atoms with E-state index >= 15 is 0 Å². The van der Waals surface area contributed by atoms with Gasteiger partial charge in [-0.1, -0.05) is 61.8 Å². The highest BCUT2D eigenvalue weighted by atomic mass is 16.8. The normalized spacial score (nSPS) is 31.5. The first-order valence-corrected chi connectivity index (χ1v) is 16.3. The summed E-state index contributed by atoms with van der Waals surface area (Å²) in [5.41, 5.74) is 0. The molecular formula is C32H54O14. The van der Waals surface area contributed by atoms with E-state index in [0.717, 1.165) is 6.42 Å². The van der Waals surface area contributed by atoms with Crippen LogP contribution >= 0.6 is 0 Å². The Labute approximate surface area is 271 Å². The van der Waals surface area contributed by atoms with E-state index in [2.05, 4.69) is 0 Å². The molecule has 266 valence electrons. The number of aliphatic hydroxyl groups excluding tert-OH is 2. The molecule has 2 heterocycles. The van der Waals surface area contributed by atoms with E-state index in [1.807, 2.05) is 6.92 Å². The largest absolute Gasteiger partial charge is 0.463 e. The SMILES string of the molecule is CCCCOC1OC(COC(=O)C(C)C)C(OC(=O)C(C)C)C(O)C1OC1OC(C)C(OC(=O)C(C)C)C(OC(=O)CCC)C1O. The van der Waals surface area contributed by atoms with Crippen LogP contribution < -0.4 is 0 Å². The number of aliphatic hydroxyl groups is 2. The Bertz CT molecular complexity index is 984. The van der Waals surface area contributed by atoms with Crippen LogP contribution in [0.5, 0.6) is 0 Å². The molecule has 0 aromatic heterocycles. The van der Waals surface area contributed by atoms with Crippen molar-refractivity contribution in [2.24, 2.45) is 17.8 Å². The molecule has 0 amide bonds. The van der Waals surface area contributed by atoms with Gasteiger partial charge < -0.3 is 48.1 Å². The van der Waals surface area contributed by atoms with E-state index in [4.69, 9.17) is 37.9 Å². The summed E-state index contributed by atoms with van der Waals surface area (Å²) >= 11 is 0. The minimum absolute atomic E-state index is 0.0586. The molecule has 10 unspecified atom stereocenters. The highest BCUT2D eigenvalue weighted by molar-refractivity contribution is 5.73. The molecule has 2 rings (SSSR count). The Kier molecular flexibility index (Phi) is 16.3. The maximum absolute atomic E-state index is 12.7. The predicted octanol–water partition coefficient (Wildman–Crippen LogP) is 2.43. The van der Waals surface area contributed by atoms with Gasteiger partial charge in [-0.15, -0.1) is 0 Å². The zero-order valence-electron chi connectivity index (χ0n) is 28.5. The van der Waals surface area contributed by atoms with Crippen LogP contribution in [-0.4, -0.2) is 109 Å². The van der Waals surface area contributed by atoms with Gasteiger partial charge in [-0.25, -0.2) is 0 Å². The van der Waals surface area contributed by atoms with Crippen LogP contribution in [0.4, 0.5) is 0 Å². The third-order valence-electron chi connectivity index (χ3n) is 7.47. The van der Waals surface area contributed by atoms with Crippen molar-refractivity contribution in [1.82, 2.24) is 0 Å². The second-order valence-corrected chi connectivity index (χ2v) is 12.7. The van der Waals surface area contributed by atoms with Crippen LogP contribution in [0.15, 0.2) is 0 Å². The van der Waals surface area contributed by atoms with Gasteiger partial charge in [0.1, 0.15) is 31.0 Å². The monoisotopic (exact) mass is 662 g/mol. The molecule has 2 saturated heterocycles. The van der Waals surface area contributed by atoms with E-state index in [-0.39, 0.29) is 19.6 Å². The molecule has 0 aliphatic carbocycles. The van der Waals surface area contributed by atoms with E-state index in [9.17, 15) is 29.4 Å². The first-order valence-electron chi connectivity index (χ1n) is 16.3. The van der Waals surface area contributed by atoms with Crippen LogP contribution in [0.2, 0.25) is 0 Å². The molecule has 2 N–H and O–H groups in total. The van der Waals surface area contributed by atoms with Gasteiger partial charge in [0.25, 0.3) is 0 Å². The fraction of sp³-hybridized carbons (Fsp3) is 0.875. The highest BCUT2D eigenvalue weighted by Gasteiger charge is 2.54. The van der Waals surface area contributed by atoms with Gasteiger partial charge in [-0.2, -0.15) is 0 Å². The summed E-state index contributed by atoms with van der Waals surface area (Å²) in [5.74, 6) is -3.85. The Morgan fingerprint density at radius 3 is 1.83 bits per heavy atom. The smallest absolute Gasteiger partial charge is 0.308 e. The summed E-state index contributed by atoms with van der Waals surface area (Å²) in [6.07, 6.45) is -11.4. The van der Waals surface area contributed by atoms with Crippen molar-refractivity contribution in [1.29, 1.82) is 0 Å². The van der Waals surface area contributed by atoms with Crippen molar-refractivity contribution in [2.75, 3.05) is 13.2 Å². The van der Waals surface area contributed by atoms with Crippen LogP contribution in [0.1, 0.15) is 88.0 Å². The van der Waals surface area contributed by atoms with Gasteiger partial charge in [0.15, 0.2) is 30.9 Å². The molecule has 2 aliphatic rings. The Hall–Kier alpha value is -2.36. The number of hydrogen-bond donors (Lipinski definition) is 2. The maximum atomic E-state index is 12.7. The molecule has 14 nitrogen and oxygen atoms in total. The molecule has 0 spiro atoms. The zero-order valence-corrected chi connectivity index (χ0v) is 28.5. The Morgan fingerprint density at radius 1 is 0.696 bits per heavy atom. The quantitative estimate of drug-likeness (QED) is 0.140. The summed E-state index contributed by atoms with van der Waals surface area (Å²) in [6.45, 7) is 15.0. The number of rotatable bonds is 16. The molecular weight excluding hydrogens is 608 g/mol. The molecule has 46 heavy (non-hydrogen) atoms. The molecule has 10 atom stereocenters. The predicted molar refractivity (Wildman–Crippen MR) is 161 cm³/mol. The maximum Gasteiger partial charge on any atom is 0.308 e. The fourth-order valence-electron chi connectivity index (χ4n) is 4.64. The second-order valence-electron chi connectivity index (χ2n) is 12.7. The van der Waals surface area contributed by atoms with Gasteiger partial charge in [0.2, 0.25) is 0 Å². The first-order chi connectivity index (χ1) is 21.6. The van der Waals surface area contributed by atoms with Crippen LogP contribution in [-0.2, 0) is 57.1 Å². The fourth-order valence-corrected chi connectivity index (χ4v) is 4.64. The molecule has 2 fully saturated rings. The van der Waals surface area contributed by atoms with E-state index in [1.54, 1.807) is 55.4 Å². The van der Waals surface area contributed by atoms with E-state index in [1.165, 1.54) is 0 Å². The minimum Gasteiger partial charge on any atom is -0.463 e. The first kappa shape index (κ1) is 39.8. The lowest BCUT2D eigenvalue weighted by molar-refractivity contribution is -0.365. The number of ether oxygens (including phenoxy) is 8. The standard InChI is InChI=1S/C32H54O14/c1-10-12-14-39-32-27(22(34)25(45-30(38)18(7)8)20(42-32)15-40-28(36)16(3)4)46-31-23(35)26(43-21(33)13-11-2)24(19(9)41-31)44-29(37)17(5)6/h16-20,22-27,31-32,34-35H,10-15H2,1-9H3. The lowest BCUT2D eigenvalue weighted by atomic mass is 9.96. The van der Waals surface area contributed by atoms with Crippen LogP contribution in [0.3, 0.4) is 0 Å². The lowest BCUT2D eigenvalue weighted by Crippen LogP contribution is -2.65. The van der Waals surface area contributed by atoms with Gasteiger partial charge in [-0.05, 0) is 19.8 Å². The van der Waals surface area contributed by atoms with Crippen LogP contribution in [0, 0.1) is 17.8 Å². The van der Waals surface area contributed by atoms with Gasteiger partial charge in [-0.3, -0.25) is 19.2 Å². The van der Waals surface area contributed by atoms with Crippen molar-refractivity contribution in [3.05, 3.63) is 0 Å². The van der Waals surface area contributed by atoms with Gasteiger partial charge in [0.05, 0.1) is 23.9 Å². The number of hydrogen-bond acceptors (Lipinski definition) is 14. The number of carbonyl (C=O) groups excluding carboxylic acids is 4. The highest BCUT2D eigenvalue weighted by Crippen LogP contribution is 2.33. The third-order valence-corrected chi connectivity index (χ3v) is 7.47. The topological polar surface area (TPSA) is 183 Å². The molecule has 2 aliphatic heterocycles. The average molecular weight is 663 g/mol. The lowest BCUT2D eigenvalue weighted by Gasteiger charge is -2.47. The van der Waals surface area contributed by atoms with Crippen LogP contribution in [0.25, 0.3) is 0 Å². The van der Waals surface area contributed by atoms with Crippen molar-refractivity contribution in [3.63, 3.8) is 0 Å². The number of esters is 4. The van der Waals surface area contributed by atoms with Crippen molar-refractivity contribution >= 4 is 23.9 Å². The minimum atomic E-state index is -1.67. The average Bonchev–Trinajstić information content (AvgIpc) is 2.98. The van der Waals surface area contributed by atoms with Gasteiger partial charge in [0, 0.05) is 13.0 Å². The summed E-state index contributed by atoms with van der Waals surface area (Å²) < 4.78 is 46.3. The summed E-state index contributed by atoms with van der Waals surface area (Å²) in [6, 6.07) is 0. The van der Waals surface area contributed by atoms with Crippen molar-refractivity contribution in [2.45, 2.75) is 149 Å². The molecule has 0 radical (unpaired) electrons. The molecule has 0 bridgehead atoms. The summed E-state index contributed by atoms with van der Waals surface area (Å²) in [4.78, 5) is 50.0. The molecule has 0 aromatic rings. The van der Waals surface area contributed by atoms with Gasteiger partial charge >= 0.3 is 23.9 Å². The van der Waals surface area contributed by atoms with E-state index in [0.29, 0.717) is 12.8 Å². The molecule has 14 heteroatoms. The third kappa shape index (κ3) is 11.1. The van der Waals surface area contributed by atoms with Crippen molar-refractivity contribution < 1.29 is 67.3 Å². The second kappa shape index (κ2) is 18.8. The van der Waals surface area contributed by atoms with Crippen molar-refractivity contribution in [3.8, 4) is 0 Å². The molecule has 0 saturated carbocycles. The summed E-state index contributed by atoms with van der Waals surface area (Å²) in [5, 5.41) is 23.0. The molecule has 0 aromatic carbocycles. The number of unbranched alkanes of at least 4 members (excludes halogenated alkanes) is 1.